The average Bonchev–Trinajstić information content (AvgIpc) is 2.94. The van der Waals surface area contributed by atoms with Crippen LogP contribution in [0.15, 0.2) is 33.6 Å². The van der Waals surface area contributed by atoms with Crippen LogP contribution in [0.4, 0.5) is 0 Å². The second-order valence-corrected chi connectivity index (χ2v) is 8.49. The Kier molecular flexibility index (Phi) is 5.65. The van der Waals surface area contributed by atoms with E-state index in [1.54, 1.807) is 18.2 Å². The van der Waals surface area contributed by atoms with E-state index in [4.69, 9.17) is 0 Å². The van der Waals surface area contributed by atoms with E-state index in [0.29, 0.717) is 24.5 Å². The number of amides is 1. The van der Waals surface area contributed by atoms with E-state index < -0.39 is 10.0 Å². The molecule has 0 aliphatic carbocycles. The first-order valence-corrected chi connectivity index (χ1v) is 10.9. The molecule has 26 heavy (non-hydrogen) atoms. The summed E-state index contributed by atoms with van der Waals surface area (Å²) in [6, 6.07) is 6.96. The van der Waals surface area contributed by atoms with Gasteiger partial charge in [0.25, 0.3) is 10.0 Å². The van der Waals surface area contributed by atoms with E-state index >= 15 is 0 Å². The van der Waals surface area contributed by atoms with Gasteiger partial charge < -0.3 is 9.80 Å². The molecule has 3 rings (SSSR count). The third-order valence-corrected chi connectivity index (χ3v) is 6.56. The Labute approximate surface area is 156 Å². The van der Waals surface area contributed by atoms with Gasteiger partial charge in [-0.3, -0.25) is 4.79 Å². The molecule has 0 saturated carbocycles. The number of amidine groups is 1. The van der Waals surface area contributed by atoms with Gasteiger partial charge in [0.05, 0.1) is 0 Å². The lowest BCUT2D eigenvalue weighted by molar-refractivity contribution is -0.136. The van der Waals surface area contributed by atoms with Gasteiger partial charge in [0.1, 0.15) is 4.90 Å². The van der Waals surface area contributed by atoms with Gasteiger partial charge in [0, 0.05) is 37.7 Å². The molecule has 2 aliphatic rings. The number of hydrogen-bond donors (Lipinski definition) is 0. The summed E-state index contributed by atoms with van der Waals surface area (Å²) in [7, 11) is -3.59. The summed E-state index contributed by atoms with van der Waals surface area (Å²) < 4.78 is 28.5. The Morgan fingerprint density at radius 2 is 1.92 bits per heavy atom. The number of benzene rings is 1. The SMILES string of the molecule is CCCCN(CC)C(=O)C1CCN(C2=NS(=O)(=O)c3ccccc32)CC1. The number of carbonyl (C=O) groups is 1. The Balaban J connectivity index is 1.67. The molecule has 0 atom stereocenters. The molecule has 1 aromatic rings. The molecule has 0 aromatic heterocycles. The van der Waals surface area contributed by atoms with Crippen molar-refractivity contribution in [1.29, 1.82) is 0 Å². The number of sulfonamides is 1. The number of hydrogen-bond acceptors (Lipinski definition) is 4. The van der Waals surface area contributed by atoms with Crippen molar-refractivity contribution >= 4 is 21.8 Å². The summed E-state index contributed by atoms with van der Waals surface area (Å²) in [5, 5.41) is 0. The van der Waals surface area contributed by atoms with Crippen LogP contribution in [0.3, 0.4) is 0 Å². The summed E-state index contributed by atoms with van der Waals surface area (Å²) >= 11 is 0. The highest BCUT2D eigenvalue weighted by molar-refractivity contribution is 7.90. The Hall–Kier alpha value is -1.89. The second-order valence-electron chi connectivity index (χ2n) is 6.92. The highest BCUT2D eigenvalue weighted by Crippen LogP contribution is 2.30. The summed E-state index contributed by atoms with van der Waals surface area (Å²) in [5.41, 5.74) is 0.676. The van der Waals surface area contributed by atoms with Crippen LogP contribution in [0.1, 0.15) is 45.1 Å². The van der Waals surface area contributed by atoms with E-state index in [0.717, 1.165) is 38.8 Å². The number of unbranched alkanes of at least 4 members (excludes halogenated alkanes) is 1. The third kappa shape index (κ3) is 3.63. The van der Waals surface area contributed by atoms with Crippen molar-refractivity contribution in [2.45, 2.75) is 44.4 Å². The Morgan fingerprint density at radius 3 is 2.58 bits per heavy atom. The van der Waals surface area contributed by atoms with Crippen molar-refractivity contribution in [2.24, 2.45) is 10.3 Å². The topological polar surface area (TPSA) is 70.1 Å². The van der Waals surface area contributed by atoms with Gasteiger partial charge in [-0.2, -0.15) is 8.42 Å². The molecule has 7 heteroatoms. The number of carbonyl (C=O) groups excluding carboxylic acids is 1. The lowest BCUT2D eigenvalue weighted by Gasteiger charge is -2.35. The molecule has 0 unspecified atom stereocenters. The van der Waals surface area contributed by atoms with Crippen LogP contribution in [0, 0.1) is 5.92 Å². The van der Waals surface area contributed by atoms with E-state index in [1.165, 1.54) is 0 Å². The van der Waals surface area contributed by atoms with Crippen LogP contribution in [-0.4, -0.2) is 56.1 Å². The predicted molar refractivity (Wildman–Crippen MR) is 102 cm³/mol. The predicted octanol–water partition coefficient (Wildman–Crippen LogP) is 2.50. The average molecular weight is 378 g/mol. The Bertz CT molecular complexity index is 796. The normalized spacial score (nSPS) is 19.2. The number of likely N-dealkylation sites (tertiary alicyclic amines) is 1. The molecule has 142 valence electrons. The molecule has 0 spiro atoms. The molecular weight excluding hydrogens is 350 g/mol. The summed E-state index contributed by atoms with van der Waals surface area (Å²) in [5.74, 6) is 0.795. The van der Waals surface area contributed by atoms with Gasteiger partial charge in [-0.15, -0.1) is 4.40 Å². The lowest BCUT2D eigenvalue weighted by atomic mass is 9.94. The summed E-state index contributed by atoms with van der Waals surface area (Å²) in [4.78, 5) is 17.0. The number of rotatable bonds is 5. The molecule has 0 bridgehead atoms. The first kappa shape index (κ1) is 18.9. The van der Waals surface area contributed by atoms with Crippen LogP contribution >= 0.6 is 0 Å². The first-order chi connectivity index (χ1) is 12.5. The summed E-state index contributed by atoms with van der Waals surface area (Å²) in [6.07, 6.45) is 3.59. The minimum atomic E-state index is -3.59. The van der Waals surface area contributed by atoms with Crippen molar-refractivity contribution in [1.82, 2.24) is 9.80 Å². The van der Waals surface area contributed by atoms with Crippen LogP contribution in [-0.2, 0) is 14.8 Å². The number of piperidine rings is 1. The fraction of sp³-hybridized carbons (Fsp3) is 0.579. The highest BCUT2D eigenvalue weighted by Gasteiger charge is 2.35. The fourth-order valence-corrected chi connectivity index (χ4v) is 4.91. The van der Waals surface area contributed by atoms with E-state index in [9.17, 15) is 13.2 Å². The fourth-order valence-electron chi connectivity index (χ4n) is 3.69. The maximum Gasteiger partial charge on any atom is 0.285 e. The minimum absolute atomic E-state index is 0.0249. The van der Waals surface area contributed by atoms with Crippen molar-refractivity contribution in [2.75, 3.05) is 26.2 Å². The second kappa shape index (κ2) is 7.78. The van der Waals surface area contributed by atoms with Crippen LogP contribution in [0.25, 0.3) is 0 Å². The lowest BCUT2D eigenvalue weighted by Crippen LogP contribution is -2.44. The number of fused-ring (bicyclic) bond motifs is 1. The maximum absolute atomic E-state index is 12.7. The zero-order valence-corrected chi connectivity index (χ0v) is 16.3. The zero-order chi connectivity index (χ0) is 18.7. The van der Waals surface area contributed by atoms with Gasteiger partial charge in [0.15, 0.2) is 5.84 Å². The molecule has 2 aliphatic heterocycles. The molecule has 1 fully saturated rings. The molecule has 2 heterocycles. The molecule has 1 saturated heterocycles. The minimum Gasteiger partial charge on any atom is -0.355 e. The molecule has 6 nitrogen and oxygen atoms in total. The first-order valence-electron chi connectivity index (χ1n) is 9.46. The van der Waals surface area contributed by atoms with Crippen LogP contribution in [0.2, 0.25) is 0 Å². The monoisotopic (exact) mass is 377 g/mol. The number of nitrogens with zero attached hydrogens (tertiary/aromatic N) is 3. The van der Waals surface area contributed by atoms with E-state index in [2.05, 4.69) is 11.3 Å². The van der Waals surface area contributed by atoms with Crippen molar-refractivity contribution in [3.05, 3.63) is 29.8 Å². The molecule has 1 amide bonds. The van der Waals surface area contributed by atoms with Crippen molar-refractivity contribution in [3.8, 4) is 0 Å². The molecule has 0 radical (unpaired) electrons. The van der Waals surface area contributed by atoms with E-state index in [1.807, 2.05) is 22.8 Å². The van der Waals surface area contributed by atoms with Gasteiger partial charge in [-0.25, -0.2) is 0 Å². The van der Waals surface area contributed by atoms with Crippen molar-refractivity contribution < 1.29 is 13.2 Å². The zero-order valence-electron chi connectivity index (χ0n) is 15.5. The third-order valence-electron chi connectivity index (χ3n) is 5.23. The van der Waals surface area contributed by atoms with Crippen LogP contribution < -0.4 is 0 Å². The highest BCUT2D eigenvalue weighted by atomic mass is 32.2. The standard InChI is InChI=1S/C19H27N3O3S/c1-3-5-12-21(4-2)19(23)15-10-13-22(14-11-15)18-16-8-6-7-9-17(16)26(24,25)20-18/h6-9,15H,3-5,10-14H2,1-2H3. The van der Waals surface area contributed by atoms with Crippen molar-refractivity contribution in [3.63, 3.8) is 0 Å². The Morgan fingerprint density at radius 1 is 1.23 bits per heavy atom. The molecule has 0 N–H and O–H groups in total. The van der Waals surface area contributed by atoms with Crippen LogP contribution in [0.5, 0.6) is 0 Å². The maximum atomic E-state index is 12.7. The molecule has 1 aromatic carbocycles. The summed E-state index contributed by atoms with van der Waals surface area (Å²) in [6.45, 7) is 7.04. The van der Waals surface area contributed by atoms with Gasteiger partial charge in [-0.05, 0) is 38.3 Å². The van der Waals surface area contributed by atoms with Gasteiger partial charge >= 0.3 is 0 Å². The largest absolute Gasteiger partial charge is 0.355 e. The quantitative estimate of drug-likeness (QED) is 0.790. The van der Waals surface area contributed by atoms with E-state index in [-0.39, 0.29) is 16.7 Å². The van der Waals surface area contributed by atoms with Gasteiger partial charge in [-0.1, -0.05) is 25.5 Å². The molecular formula is C19H27N3O3S. The van der Waals surface area contributed by atoms with Gasteiger partial charge in [0.2, 0.25) is 5.91 Å². The smallest absolute Gasteiger partial charge is 0.285 e.